The van der Waals surface area contributed by atoms with Crippen molar-refractivity contribution in [3.63, 3.8) is 0 Å². The second-order valence-electron chi connectivity index (χ2n) is 9.51. The minimum Gasteiger partial charge on any atom is -0.497 e. The number of hydrogen-bond donors (Lipinski definition) is 5. The molecule has 1 aromatic heterocycles. The second-order valence-corrected chi connectivity index (χ2v) is 13.3. The number of methoxy groups -OCH3 is 1. The highest BCUT2D eigenvalue weighted by molar-refractivity contribution is 7.89. The maximum Gasteiger partial charge on any atom is 0.240 e. The maximum absolute atomic E-state index is 14.7. The topological polar surface area (TPSA) is 188 Å². The van der Waals surface area contributed by atoms with Gasteiger partial charge in [0.2, 0.25) is 26.0 Å². The highest BCUT2D eigenvalue weighted by Crippen LogP contribution is 2.24. The first kappa shape index (κ1) is 33.9. The number of sulfonamides is 2. The number of ether oxygens (including phenoxy) is 1. The molecule has 0 aliphatic carbocycles. The summed E-state index contributed by atoms with van der Waals surface area (Å²) in [5.41, 5.74) is 8.14. The van der Waals surface area contributed by atoms with E-state index in [1.165, 1.54) is 63.7 Å². The molecule has 0 bridgehead atoms. The molecule has 242 valence electrons. The Balaban J connectivity index is 1.61. The molecule has 4 aromatic rings. The number of nitrogens with zero attached hydrogens (tertiary/aromatic N) is 4. The third-order valence-corrected chi connectivity index (χ3v) is 9.39. The molecule has 0 saturated carbocycles. The van der Waals surface area contributed by atoms with Gasteiger partial charge >= 0.3 is 0 Å². The SMILES string of the molecule is CNS(=O)(=O)c1ccc(/C(C)=N\Nc2cc(N/N=C(/C)c3ccc(S(=O)(=O)NC)cc3)nc(Nc3ccc(OC)cc3F)n2)cc1. The predicted octanol–water partition coefficient (Wildman–Crippen LogP) is 3.86. The molecule has 0 saturated heterocycles. The van der Waals surface area contributed by atoms with Gasteiger partial charge in [0.1, 0.15) is 11.6 Å². The fourth-order valence-corrected chi connectivity index (χ4v) is 5.32. The zero-order valence-corrected chi connectivity index (χ0v) is 27.1. The first-order chi connectivity index (χ1) is 21.8. The van der Waals surface area contributed by atoms with Crippen molar-refractivity contribution in [1.29, 1.82) is 0 Å². The van der Waals surface area contributed by atoms with E-state index in [0.29, 0.717) is 28.3 Å². The van der Waals surface area contributed by atoms with Gasteiger partial charge < -0.3 is 10.1 Å². The van der Waals surface area contributed by atoms with Crippen molar-refractivity contribution in [1.82, 2.24) is 19.4 Å². The highest BCUT2D eigenvalue weighted by Gasteiger charge is 2.13. The van der Waals surface area contributed by atoms with Crippen molar-refractivity contribution < 1.29 is 26.0 Å². The van der Waals surface area contributed by atoms with E-state index in [0.717, 1.165) is 0 Å². The summed E-state index contributed by atoms with van der Waals surface area (Å²) in [5, 5.41) is 11.6. The van der Waals surface area contributed by atoms with Crippen LogP contribution >= 0.6 is 0 Å². The van der Waals surface area contributed by atoms with E-state index in [1.54, 1.807) is 44.2 Å². The molecule has 5 N–H and O–H groups in total. The fourth-order valence-electron chi connectivity index (χ4n) is 3.86. The number of rotatable bonds is 13. The van der Waals surface area contributed by atoms with Crippen molar-refractivity contribution >= 4 is 54.7 Å². The molecule has 17 heteroatoms. The Hall–Kier alpha value is -4.97. The van der Waals surface area contributed by atoms with Gasteiger partial charge in [-0.3, -0.25) is 10.9 Å². The van der Waals surface area contributed by atoms with Crippen LogP contribution in [0.15, 0.2) is 92.8 Å². The summed E-state index contributed by atoms with van der Waals surface area (Å²) in [6, 6.07) is 18.1. The zero-order valence-electron chi connectivity index (χ0n) is 25.5. The third kappa shape index (κ3) is 8.39. The fraction of sp³-hybridized carbons (Fsp3) is 0.172. The van der Waals surface area contributed by atoms with Gasteiger partial charge in [0.15, 0.2) is 11.6 Å². The van der Waals surface area contributed by atoms with Crippen molar-refractivity contribution in [3.05, 3.63) is 89.7 Å². The lowest BCUT2D eigenvalue weighted by atomic mass is 10.1. The molecule has 0 aliphatic rings. The molecule has 0 unspecified atom stereocenters. The van der Waals surface area contributed by atoms with Gasteiger partial charge in [-0.2, -0.15) is 20.2 Å². The molecule has 1 heterocycles. The van der Waals surface area contributed by atoms with Crippen LogP contribution in [0.25, 0.3) is 0 Å². The van der Waals surface area contributed by atoms with Crippen LogP contribution in [0.1, 0.15) is 25.0 Å². The minimum absolute atomic E-state index is 0.0144. The summed E-state index contributed by atoms with van der Waals surface area (Å²) in [7, 11) is -3.07. The summed E-state index contributed by atoms with van der Waals surface area (Å²) in [5.74, 6) is 0.199. The second kappa shape index (κ2) is 14.4. The molecule has 14 nitrogen and oxygen atoms in total. The smallest absolute Gasteiger partial charge is 0.240 e. The molecule has 0 fully saturated rings. The molecule has 4 rings (SSSR count). The number of hydrazone groups is 2. The number of benzene rings is 3. The Morgan fingerprint density at radius 3 is 1.57 bits per heavy atom. The van der Waals surface area contributed by atoms with E-state index in [2.05, 4.69) is 45.8 Å². The lowest BCUT2D eigenvalue weighted by molar-refractivity contribution is 0.411. The van der Waals surface area contributed by atoms with E-state index >= 15 is 0 Å². The number of halogens is 1. The van der Waals surface area contributed by atoms with Crippen LogP contribution in [0.4, 0.5) is 27.7 Å². The van der Waals surface area contributed by atoms with Gasteiger partial charge in [-0.1, -0.05) is 24.3 Å². The molecule has 3 aromatic carbocycles. The van der Waals surface area contributed by atoms with E-state index in [9.17, 15) is 21.2 Å². The number of anilines is 4. The van der Waals surface area contributed by atoms with Gasteiger partial charge in [0.25, 0.3) is 0 Å². The molecular weight excluding hydrogens is 638 g/mol. The molecule has 46 heavy (non-hydrogen) atoms. The van der Waals surface area contributed by atoms with Gasteiger partial charge in [0, 0.05) is 12.1 Å². The normalized spacial score (nSPS) is 12.5. The monoisotopic (exact) mass is 669 g/mol. The quantitative estimate of drug-likeness (QED) is 0.103. The van der Waals surface area contributed by atoms with E-state index in [4.69, 9.17) is 4.74 Å². The van der Waals surface area contributed by atoms with Crippen LogP contribution in [0.3, 0.4) is 0 Å². The Labute approximate surface area is 266 Å². The average Bonchev–Trinajstić information content (AvgIpc) is 3.07. The van der Waals surface area contributed by atoms with Gasteiger partial charge in [-0.05, 0) is 75.5 Å². The first-order valence-electron chi connectivity index (χ1n) is 13.5. The molecule has 0 spiro atoms. The minimum atomic E-state index is -3.58. The molecular formula is C29H32FN9O5S2. The van der Waals surface area contributed by atoms with Crippen LogP contribution in [-0.2, 0) is 20.0 Å². The van der Waals surface area contributed by atoms with Gasteiger partial charge in [-0.25, -0.2) is 30.7 Å². The van der Waals surface area contributed by atoms with Crippen LogP contribution in [-0.4, -0.2) is 59.4 Å². The molecule has 0 radical (unpaired) electrons. The maximum atomic E-state index is 14.7. The van der Waals surface area contributed by atoms with Crippen molar-refractivity contribution in [3.8, 4) is 5.75 Å². The van der Waals surface area contributed by atoms with Crippen molar-refractivity contribution in [2.75, 3.05) is 37.4 Å². The van der Waals surface area contributed by atoms with Crippen molar-refractivity contribution in [2.24, 2.45) is 10.2 Å². The van der Waals surface area contributed by atoms with Gasteiger partial charge in [-0.15, -0.1) is 0 Å². The third-order valence-electron chi connectivity index (χ3n) is 6.53. The van der Waals surface area contributed by atoms with E-state index in [1.807, 2.05) is 0 Å². The lowest BCUT2D eigenvalue weighted by Gasteiger charge is -2.11. The van der Waals surface area contributed by atoms with Crippen molar-refractivity contribution in [2.45, 2.75) is 23.6 Å². The van der Waals surface area contributed by atoms with Crippen LogP contribution in [0, 0.1) is 5.82 Å². The van der Waals surface area contributed by atoms with Gasteiger partial charge in [0.05, 0.1) is 34.0 Å². The number of hydrogen-bond acceptors (Lipinski definition) is 12. The molecule has 0 aliphatic heterocycles. The van der Waals surface area contributed by atoms with Crippen LogP contribution in [0.2, 0.25) is 0 Å². The standard InChI is InChI=1S/C29H32FN9O5S2/c1-18(20-6-11-23(12-7-20)45(40,41)31-3)36-38-27-17-28(35-29(34-27)33-26-15-10-22(44-5)16-25(26)30)39-37-19(2)21-8-13-24(14-9-21)46(42,43)32-4/h6-17,31-32H,1-5H3,(H3,33,34,35,38,39)/b36-18-,37-19-. The number of nitrogens with one attached hydrogen (secondary N) is 5. The summed E-state index contributed by atoms with van der Waals surface area (Å²) in [6.07, 6.45) is 0. The van der Waals surface area contributed by atoms with Crippen LogP contribution < -0.4 is 30.3 Å². The summed E-state index contributed by atoms with van der Waals surface area (Å²) in [6.45, 7) is 3.45. The highest BCUT2D eigenvalue weighted by atomic mass is 32.2. The Bertz CT molecular complexity index is 1870. The average molecular weight is 670 g/mol. The summed E-state index contributed by atoms with van der Waals surface area (Å²) < 4.78 is 72.4. The van der Waals surface area contributed by atoms with Crippen LogP contribution in [0.5, 0.6) is 5.75 Å². The Morgan fingerprint density at radius 2 is 1.17 bits per heavy atom. The summed E-state index contributed by atoms with van der Waals surface area (Å²) >= 11 is 0. The predicted molar refractivity (Wildman–Crippen MR) is 175 cm³/mol. The molecule has 0 atom stereocenters. The Kier molecular flexibility index (Phi) is 10.6. The zero-order chi connectivity index (χ0) is 33.5. The largest absolute Gasteiger partial charge is 0.497 e. The van der Waals surface area contributed by atoms with E-state index < -0.39 is 25.9 Å². The number of aromatic nitrogens is 2. The first-order valence-corrected chi connectivity index (χ1v) is 16.5. The summed E-state index contributed by atoms with van der Waals surface area (Å²) in [4.78, 5) is 9.00. The molecule has 0 amide bonds. The van der Waals surface area contributed by atoms with E-state index in [-0.39, 0.29) is 33.1 Å². The Morgan fingerprint density at radius 1 is 0.717 bits per heavy atom. The lowest BCUT2D eigenvalue weighted by Crippen LogP contribution is -2.18.